The SMILES string of the molecule is Cc1cnc(C(C)NCc2cc(C)sc2C)s1. The number of rotatable bonds is 4. The van der Waals surface area contributed by atoms with Crippen LogP contribution >= 0.6 is 22.7 Å². The van der Waals surface area contributed by atoms with Crippen LogP contribution in [0.5, 0.6) is 0 Å². The molecule has 0 saturated carbocycles. The van der Waals surface area contributed by atoms with Gasteiger partial charge in [-0.1, -0.05) is 0 Å². The van der Waals surface area contributed by atoms with Crippen LogP contribution in [0.3, 0.4) is 0 Å². The summed E-state index contributed by atoms with van der Waals surface area (Å²) in [7, 11) is 0. The zero-order valence-electron chi connectivity index (χ0n) is 10.7. The number of thiazole rings is 1. The van der Waals surface area contributed by atoms with Crippen LogP contribution in [-0.2, 0) is 6.54 Å². The van der Waals surface area contributed by atoms with Gasteiger partial charge in [-0.15, -0.1) is 22.7 Å². The Hall–Kier alpha value is -0.710. The molecule has 0 aliphatic carbocycles. The second kappa shape index (κ2) is 5.29. The van der Waals surface area contributed by atoms with Crippen LogP contribution in [0.25, 0.3) is 0 Å². The van der Waals surface area contributed by atoms with E-state index in [0.717, 1.165) is 6.54 Å². The van der Waals surface area contributed by atoms with Crippen molar-refractivity contribution in [2.45, 2.75) is 40.3 Å². The maximum absolute atomic E-state index is 4.41. The van der Waals surface area contributed by atoms with Crippen molar-refractivity contribution in [2.75, 3.05) is 0 Å². The molecule has 1 N–H and O–H groups in total. The summed E-state index contributed by atoms with van der Waals surface area (Å²) in [5, 5.41) is 4.71. The van der Waals surface area contributed by atoms with Crippen LogP contribution in [0.15, 0.2) is 12.3 Å². The van der Waals surface area contributed by atoms with Crippen LogP contribution in [0.4, 0.5) is 0 Å². The predicted molar refractivity (Wildman–Crippen MR) is 75.9 cm³/mol. The normalized spacial score (nSPS) is 12.9. The number of hydrogen-bond acceptors (Lipinski definition) is 4. The molecule has 92 valence electrons. The molecule has 1 unspecified atom stereocenters. The molecule has 17 heavy (non-hydrogen) atoms. The molecule has 0 aliphatic heterocycles. The van der Waals surface area contributed by atoms with Crippen LogP contribution < -0.4 is 5.32 Å². The third-order valence-corrected chi connectivity index (χ3v) is 4.86. The average molecular weight is 266 g/mol. The maximum Gasteiger partial charge on any atom is 0.109 e. The van der Waals surface area contributed by atoms with E-state index in [1.54, 1.807) is 11.3 Å². The van der Waals surface area contributed by atoms with Gasteiger partial charge in [0.1, 0.15) is 5.01 Å². The Balaban J connectivity index is 1.96. The van der Waals surface area contributed by atoms with E-state index < -0.39 is 0 Å². The zero-order chi connectivity index (χ0) is 12.4. The van der Waals surface area contributed by atoms with Crippen molar-refractivity contribution < 1.29 is 0 Å². The standard InChI is InChI=1S/C13H18N2S2/c1-8-5-12(11(4)16-8)7-14-10(3)13-15-6-9(2)17-13/h5-6,10,14H,7H2,1-4H3. The molecule has 0 fully saturated rings. The smallest absolute Gasteiger partial charge is 0.109 e. The minimum Gasteiger partial charge on any atom is -0.304 e. The highest BCUT2D eigenvalue weighted by Gasteiger charge is 2.10. The van der Waals surface area contributed by atoms with E-state index in [-0.39, 0.29) is 0 Å². The van der Waals surface area contributed by atoms with Crippen LogP contribution in [-0.4, -0.2) is 4.98 Å². The van der Waals surface area contributed by atoms with Gasteiger partial charge in [0, 0.05) is 27.4 Å². The Morgan fingerprint density at radius 1 is 1.24 bits per heavy atom. The Labute approximate surface area is 111 Å². The molecule has 0 saturated heterocycles. The molecule has 0 bridgehead atoms. The van der Waals surface area contributed by atoms with Crippen LogP contribution in [0.1, 0.15) is 38.2 Å². The van der Waals surface area contributed by atoms with Gasteiger partial charge in [0.2, 0.25) is 0 Å². The highest BCUT2D eigenvalue weighted by molar-refractivity contribution is 7.12. The summed E-state index contributed by atoms with van der Waals surface area (Å²) in [6, 6.07) is 2.60. The molecule has 4 heteroatoms. The summed E-state index contributed by atoms with van der Waals surface area (Å²) in [5.41, 5.74) is 1.41. The van der Waals surface area contributed by atoms with Gasteiger partial charge >= 0.3 is 0 Å². The molecule has 0 aliphatic rings. The van der Waals surface area contributed by atoms with E-state index in [0.29, 0.717) is 6.04 Å². The first kappa shape index (κ1) is 12.7. The fourth-order valence-corrected chi connectivity index (χ4v) is 3.53. The summed E-state index contributed by atoms with van der Waals surface area (Å²) in [6.07, 6.45) is 1.94. The van der Waals surface area contributed by atoms with E-state index >= 15 is 0 Å². The molecule has 2 aromatic heterocycles. The highest BCUT2D eigenvalue weighted by Crippen LogP contribution is 2.23. The fourth-order valence-electron chi connectivity index (χ4n) is 1.78. The van der Waals surface area contributed by atoms with Crippen molar-refractivity contribution in [1.29, 1.82) is 0 Å². The average Bonchev–Trinajstić information content (AvgIpc) is 2.82. The number of nitrogens with zero attached hydrogens (tertiary/aromatic N) is 1. The second-order valence-electron chi connectivity index (χ2n) is 4.35. The monoisotopic (exact) mass is 266 g/mol. The second-order valence-corrected chi connectivity index (χ2v) is 7.08. The van der Waals surface area contributed by atoms with Crippen LogP contribution in [0.2, 0.25) is 0 Å². The topological polar surface area (TPSA) is 24.9 Å². The van der Waals surface area contributed by atoms with Crippen molar-refractivity contribution in [1.82, 2.24) is 10.3 Å². The van der Waals surface area contributed by atoms with E-state index in [1.807, 2.05) is 17.5 Å². The molecular formula is C13H18N2S2. The Kier molecular flexibility index (Phi) is 3.97. The first-order valence-corrected chi connectivity index (χ1v) is 7.41. The van der Waals surface area contributed by atoms with Gasteiger partial charge in [0.25, 0.3) is 0 Å². The molecule has 1 atom stereocenters. The number of nitrogens with one attached hydrogen (secondary N) is 1. The summed E-state index contributed by atoms with van der Waals surface area (Å²) < 4.78 is 0. The lowest BCUT2D eigenvalue weighted by Crippen LogP contribution is -2.17. The van der Waals surface area contributed by atoms with Crippen molar-refractivity contribution in [3.05, 3.63) is 37.5 Å². The lowest BCUT2D eigenvalue weighted by atomic mass is 10.2. The van der Waals surface area contributed by atoms with Crippen molar-refractivity contribution in [2.24, 2.45) is 0 Å². The summed E-state index contributed by atoms with van der Waals surface area (Å²) >= 11 is 3.64. The molecule has 0 spiro atoms. The van der Waals surface area contributed by atoms with Gasteiger partial charge in [-0.3, -0.25) is 0 Å². The summed E-state index contributed by atoms with van der Waals surface area (Å²) in [4.78, 5) is 8.49. The lowest BCUT2D eigenvalue weighted by Gasteiger charge is -2.10. The molecule has 0 aromatic carbocycles. The van der Waals surface area contributed by atoms with Gasteiger partial charge in [-0.05, 0) is 39.3 Å². The molecule has 2 nitrogen and oxygen atoms in total. The maximum atomic E-state index is 4.41. The Morgan fingerprint density at radius 2 is 2.00 bits per heavy atom. The third-order valence-electron chi connectivity index (χ3n) is 2.75. The zero-order valence-corrected chi connectivity index (χ0v) is 12.3. The fraction of sp³-hybridized carbons (Fsp3) is 0.462. The van der Waals surface area contributed by atoms with E-state index in [4.69, 9.17) is 0 Å². The number of hydrogen-bond donors (Lipinski definition) is 1. The first-order valence-electron chi connectivity index (χ1n) is 5.78. The number of aryl methyl sites for hydroxylation is 3. The van der Waals surface area contributed by atoms with E-state index in [2.05, 4.69) is 44.1 Å². The quantitative estimate of drug-likeness (QED) is 0.905. The molecule has 2 heterocycles. The van der Waals surface area contributed by atoms with Crippen molar-refractivity contribution in [3.8, 4) is 0 Å². The van der Waals surface area contributed by atoms with Crippen molar-refractivity contribution in [3.63, 3.8) is 0 Å². The predicted octanol–water partition coefficient (Wildman–Crippen LogP) is 3.98. The Morgan fingerprint density at radius 3 is 2.53 bits per heavy atom. The Bertz CT molecular complexity index is 499. The van der Waals surface area contributed by atoms with Gasteiger partial charge in [0.05, 0.1) is 6.04 Å². The number of aromatic nitrogens is 1. The number of thiophene rings is 1. The van der Waals surface area contributed by atoms with Gasteiger partial charge < -0.3 is 5.32 Å². The first-order chi connectivity index (χ1) is 8.06. The lowest BCUT2D eigenvalue weighted by molar-refractivity contribution is 0.571. The van der Waals surface area contributed by atoms with Crippen LogP contribution in [0, 0.1) is 20.8 Å². The van der Waals surface area contributed by atoms with Gasteiger partial charge in [0.15, 0.2) is 0 Å². The molecule has 0 amide bonds. The molecule has 0 radical (unpaired) electrons. The minimum atomic E-state index is 0.327. The summed E-state index contributed by atoms with van der Waals surface area (Å²) in [6.45, 7) is 9.55. The van der Waals surface area contributed by atoms with Crippen molar-refractivity contribution >= 4 is 22.7 Å². The van der Waals surface area contributed by atoms with E-state index in [1.165, 1.54) is 25.2 Å². The minimum absolute atomic E-state index is 0.327. The molecule has 2 aromatic rings. The molecular weight excluding hydrogens is 248 g/mol. The highest BCUT2D eigenvalue weighted by atomic mass is 32.1. The largest absolute Gasteiger partial charge is 0.304 e. The molecule has 2 rings (SSSR count). The summed E-state index contributed by atoms with van der Waals surface area (Å²) in [5.74, 6) is 0. The van der Waals surface area contributed by atoms with Gasteiger partial charge in [-0.2, -0.15) is 0 Å². The van der Waals surface area contributed by atoms with Gasteiger partial charge in [-0.25, -0.2) is 4.98 Å². The third kappa shape index (κ3) is 3.15. The van der Waals surface area contributed by atoms with E-state index in [9.17, 15) is 0 Å².